The topological polar surface area (TPSA) is 54.0 Å². The van der Waals surface area contributed by atoms with E-state index in [-0.39, 0.29) is 27.1 Å². The lowest BCUT2D eigenvalue weighted by Gasteiger charge is -2.11. The number of halogens is 5. The zero-order valence-corrected chi connectivity index (χ0v) is 12.9. The highest BCUT2D eigenvalue weighted by Crippen LogP contribution is 2.25. The summed E-state index contributed by atoms with van der Waals surface area (Å²) < 4.78 is 36.5. The van der Waals surface area contributed by atoms with E-state index in [0.29, 0.717) is 0 Å². The normalized spacial score (nSPS) is 11.2. The van der Waals surface area contributed by atoms with E-state index in [4.69, 9.17) is 23.2 Å². The number of rotatable bonds is 4. The first-order chi connectivity index (χ1) is 10.8. The Morgan fingerprint density at radius 2 is 1.83 bits per heavy atom. The van der Waals surface area contributed by atoms with Gasteiger partial charge in [-0.3, -0.25) is 4.79 Å². The highest BCUT2D eigenvalue weighted by atomic mass is 35.5. The van der Waals surface area contributed by atoms with Crippen LogP contribution in [0.4, 0.5) is 24.7 Å². The maximum Gasteiger partial charge on any atom is 0.405 e. The first-order valence-electron chi connectivity index (χ1n) is 6.28. The fourth-order valence-electron chi connectivity index (χ4n) is 1.70. The van der Waals surface area contributed by atoms with Gasteiger partial charge in [0.15, 0.2) is 0 Å². The smallest absolute Gasteiger partial charge is 0.361 e. The first kappa shape index (κ1) is 17.4. The van der Waals surface area contributed by atoms with Gasteiger partial charge in [-0.2, -0.15) is 13.2 Å². The summed E-state index contributed by atoms with van der Waals surface area (Å²) in [6.07, 6.45) is -3.10. The minimum atomic E-state index is -4.37. The molecule has 2 N–H and O–H groups in total. The number of alkyl halides is 3. The number of hydrogen-bond acceptors (Lipinski definition) is 3. The lowest BCUT2D eigenvalue weighted by molar-refractivity contribution is -0.115. The van der Waals surface area contributed by atoms with E-state index in [0.717, 1.165) is 0 Å². The van der Waals surface area contributed by atoms with Crippen LogP contribution in [0.15, 0.2) is 36.5 Å². The Balaban J connectivity index is 2.13. The zero-order chi connectivity index (χ0) is 17.0. The zero-order valence-electron chi connectivity index (χ0n) is 11.4. The maximum absolute atomic E-state index is 12.2. The molecule has 1 aromatic heterocycles. The number of benzene rings is 1. The molecule has 1 amide bonds. The van der Waals surface area contributed by atoms with E-state index in [2.05, 4.69) is 15.6 Å². The number of carbonyl (C=O) groups excluding carboxylic acids is 1. The highest BCUT2D eigenvalue weighted by Gasteiger charge is 2.26. The molecule has 0 fully saturated rings. The molecule has 2 rings (SSSR count). The largest absolute Gasteiger partial charge is 0.405 e. The van der Waals surface area contributed by atoms with Crippen molar-refractivity contribution in [3.05, 3.63) is 52.1 Å². The highest BCUT2D eigenvalue weighted by molar-refractivity contribution is 6.40. The molecule has 0 aliphatic rings. The molecule has 0 radical (unpaired) electrons. The predicted octanol–water partition coefficient (Wildman–Crippen LogP) is 4.61. The third kappa shape index (κ3) is 5.01. The van der Waals surface area contributed by atoms with E-state index < -0.39 is 18.6 Å². The van der Waals surface area contributed by atoms with Gasteiger partial charge >= 0.3 is 6.18 Å². The molecule has 1 heterocycles. The second-order valence-corrected chi connectivity index (χ2v) is 5.26. The number of hydrogen-bond donors (Lipinski definition) is 2. The van der Waals surface area contributed by atoms with Crippen molar-refractivity contribution in [2.24, 2.45) is 0 Å². The third-order valence-corrected chi connectivity index (χ3v) is 3.31. The number of nitrogens with zero attached hydrogens (tertiary/aromatic N) is 1. The molecule has 9 heteroatoms. The summed E-state index contributed by atoms with van der Waals surface area (Å²) in [5, 5.41) is 4.96. The average molecular weight is 364 g/mol. The van der Waals surface area contributed by atoms with Crippen LogP contribution in [-0.4, -0.2) is 23.6 Å². The molecule has 0 bridgehead atoms. The first-order valence-corrected chi connectivity index (χ1v) is 7.04. The Bertz CT molecular complexity index is 702. The summed E-state index contributed by atoms with van der Waals surface area (Å²) in [5.41, 5.74) is 0.336. The molecule has 0 saturated heterocycles. The van der Waals surface area contributed by atoms with Crippen LogP contribution in [-0.2, 0) is 0 Å². The van der Waals surface area contributed by atoms with E-state index >= 15 is 0 Å². The fourth-order valence-corrected chi connectivity index (χ4v) is 2.27. The van der Waals surface area contributed by atoms with Crippen LogP contribution < -0.4 is 10.6 Å². The third-order valence-electron chi connectivity index (χ3n) is 2.68. The molecule has 0 saturated carbocycles. The second-order valence-electron chi connectivity index (χ2n) is 4.45. The molecule has 0 aliphatic carbocycles. The van der Waals surface area contributed by atoms with Crippen LogP contribution in [0.3, 0.4) is 0 Å². The van der Waals surface area contributed by atoms with Crippen LogP contribution in [0.1, 0.15) is 10.4 Å². The monoisotopic (exact) mass is 363 g/mol. The van der Waals surface area contributed by atoms with Crippen molar-refractivity contribution in [2.75, 3.05) is 17.2 Å². The van der Waals surface area contributed by atoms with Crippen LogP contribution in [0.2, 0.25) is 10.0 Å². The standard InChI is InChI=1S/C14H10Cl2F3N3O/c15-9-2-1-3-10(16)12(9)13(23)22-8-4-5-20-11(6-8)21-7-14(17,18)19/h1-6H,7H2,(H2,20,21,22,23). The van der Waals surface area contributed by atoms with Gasteiger partial charge in [0, 0.05) is 18.0 Å². The van der Waals surface area contributed by atoms with Crippen LogP contribution in [0, 0.1) is 0 Å². The summed E-state index contributed by atoms with van der Waals surface area (Å²) >= 11 is 11.9. The Morgan fingerprint density at radius 1 is 1.17 bits per heavy atom. The van der Waals surface area contributed by atoms with Crippen molar-refractivity contribution in [1.29, 1.82) is 0 Å². The summed E-state index contributed by atoms with van der Waals surface area (Å²) in [6, 6.07) is 7.30. The van der Waals surface area contributed by atoms with Gasteiger partial charge in [0.2, 0.25) is 0 Å². The minimum Gasteiger partial charge on any atom is -0.361 e. The van der Waals surface area contributed by atoms with Gasteiger partial charge in [0.05, 0.1) is 15.6 Å². The van der Waals surface area contributed by atoms with Crippen molar-refractivity contribution in [2.45, 2.75) is 6.18 Å². The molecule has 4 nitrogen and oxygen atoms in total. The Kier molecular flexibility index (Phi) is 5.33. The number of nitrogens with one attached hydrogen (secondary N) is 2. The summed E-state index contributed by atoms with van der Waals surface area (Å²) in [7, 11) is 0. The molecule has 0 spiro atoms. The molecule has 122 valence electrons. The van der Waals surface area contributed by atoms with Gasteiger partial charge < -0.3 is 10.6 Å². The van der Waals surface area contributed by atoms with Crippen LogP contribution >= 0.6 is 23.2 Å². The average Bonchev–Trinajstić information content (AvgIpc) is 2.44. The summed E-state index contributed by atoms with van der Waals surface area (Å²) in [4.78, 5) is 15.9. The number of carbonyl (C=O) groups is 1. The molecular weight excluding hydrogens is 354 g/mol. The lowest BCUT2D eigenvalue weighted by Crippen LogP contribution is -2.22. The molecular formula is C14H10Cl2F3N3O. The Morgan fingerprint density at radius 3 is 2.43 bits per heavy atom. The van der Waals surface area contributed by atoms with Crippen molar-refractivity contribution < 1.29 is 18.0 Å². The summed E-state index contributed by atoms with van der Waals surface area (Å²) in [6.45, 7) is -1.23. The molecule has 23 heavy (non-hydrogen) atoms. The van der Waals surface area contributed by atoms with E-state index in [1.165, 1.54) is 30.5 Å². The number of amides is 1. The Labute approximate surface area is 139 Å². The maximum atomic E-state index is 12.2. The molecule has 2 aromatic rings. The summed E-state index contributed by atoms with van der Waals surface area (Å²) in [5.74, 6) is -0.598. The van der Waals surface area contributed by atoms with Crippen LogP contribution in [0.5, 0.6) is 0 Å². The van der Waals surface area contributed by atoms with E-state index in [9.17, 15) is 18.0 Å². The fraction of sp³-hybridized carbons (Fsp3) is 0.143. The van der Waals surface area contributed by atoms with Crippen LogP contribution in [0.25, 0.3) is 0 Å². The quantitative estimate of drug-likeness (QED) is 0.833. The van der Waals surface area contributed by atoms with Crippen molar-refractivity contribution in [1.82, 2.24) is 4.98 Å². The van der Waals surface area contributed by atoms with E-state index in [1.54, 1.807) is 6.07 Å². The molecule has 1 aromatic carbocycles. The lowest BCUT2D eigenvalue weighted by atomic mass is 10.2. The Hall–Kier alpha value is -1.99. The number of pyridine rings is 1. The van der Waals surface area contributed by atoms with Gasteiger partial charge in [-0.15, -0.1) is 0 Å². The van der Waals surface area contributed by atoms with Crippen molar-refractivity contribution >= 4 is 40.6 Å². The number of anilines is 2. The predicted molar refractivity (Wildman–Crippen MR) is 83.2 cm³/mol. The molecule has 0 atom stereocenters. The van der Waals surface area contributed by atoms with Gasteiger partial charge in [0.25, 0.3) is 5.91 Å². The van der Waals surface area contributed by atoms with Gasteiger partial charge in [-0.05, 0) is 18.2 Å². The SMILES string of the molecule is O=C(Nc1ccnc(NCC(F)(F)F)c1)c1c(Cl)cccc1Cl. The van der Waals surface area contributed by atoms with Crippen molar-refractivity contribution in [3.8, 4) is 0 Å². The van der Waals surface area contributed by atoms with Gasteiger partial charge in [-0.25, -0.2) is 4.98 Å². The second kappa shape index (κ2) is 7.06. The van der Waals surface area contributed by atoms with Crippen molar-refractivity contribution in [3.63, 3.8) is 0 Å². The van der Waals surface area contributed by atoms with E-state index in [1.807, 2.05) is 0 Å². The molecule has 0 unspecified atom stereocenters. The van der Waals surface area contributed by atoms with Gasteiger partial charge in [-0.1, -0.05) is 29.3 Å². The van der Waals surface area contributed by atoms with Gasteiger partial charge in [0.1, 0.15) is 12.4 Å². The minimum absolute atomic E-state index is 0.0228. The molecule has 0 aliphatic heterocycles. The number of aromatic nitrogens is 1.